The number of nitrogens with zero attached hydrogens (tertiary/aromatic N) is 2. The number of rotatable bonds is 5. The molecule has 29 heavy (non-hydrogen) atoms. The minimum atomic E-state index is -0.772. The van der Waals surface area contributed by atoms with Crippen LogP contribution in [0.25, 0.3) is 22.5 Å². The Morgan fingerprint density at radius 1 is 0.897 bits per heavy atom. The standard InChI is InChI=1S/C25H31N3O/c1-17-9-13-19(14-10-17)22-23(20-15-11-18(2)12-16-20)28(3)24(27-22)25(29)26-21-7-5-4-6-8-21/h9-16,21,25-26,29H,4-8H2,1-3H3. The summed E-state index contributed by atoms with van der Waals surface area (Å²) in [5.41, 5.74) is 6.58. The van der Waals surface area contributed by atoms with Crippen molar-refractivity contribution >= 4 is 0 Å². The van der Waals surface area contributed by atoms with Crippen molar-refractivity contribution in [3.05, 3.63) is 65.5 Å². The van der Waals surface area contributed by atoms with Crippen LogP contribution in [0.1, 0.15) is 55.3 Å². The Labute approximate surface area is 173 Å². The van der Waals surface area contributed by atoms with Crippen LogP contribution in [0.5, 0.6) is 0 Å². The van der Waals surface area contributed by atoms with Crippen LogP contribution in [0.4, 0.5) is 0 Å². The molecule has 0 radical (unpaired) electrons. The fraction of sp³-hybridized carbons (Fsp3) is 0.400. The van der Waals surface area contributed by atoms with Crippen molar-refractivity contribution in [3.8, 4) is 22.5 Å². The molecule has 4 heteroatoms. The molecule has 152 valence electrons. The average Bonchev–Trinajstić information content (AvgIpc) is 3.07. The van der Waals surface area contributed by atoms with Crippen molar-refractivity contribution < 1.29 is 5.11 Å². The average molecular weight is 390 g/mol. The molecule has 1 atom stereocenters. The van der Waals surface area contributed by atoms with Gasteiger partial charge in [-0.3, -0.25) is 5.32 Å². The van der Waals surface area contributed by atoms with Gasteiger partial charge in [0.2, 0.25) is 0 Å². The summed E-state index contributed by atoms with van der Waals surface area (Å²) in [4.78, 5) is 4.92. The third kappa shape index (κ3) is 4.29. The fourth-order valence-electron chi connectivity index (χ4n) is 4.28. The van der Waals surface area contributed by atoms with E-state index < -0.39 is 6.23 Å². The SMILES string of the molecule is Cc1ccc(-c2nc(C(O)NC3CCCCC3)n(C)c2-c2ccc(C)cc2)cc1. The molecule has 1 fully saturated rings. The van der Waals surface area contributed by atoms with Crippen LogP contribution < -0.4 is 5.32 Å². The largest absolute Gasteiger partial charge is 0.371 e. The smallest absolute Gasteiger partial charge is 0.164 e. The van der Waals surface area contributed by atoms with E-state index in [9.17, 15) is 5.11 Å². The number of hydrogen-bond donors (Lipinski definition) is 2. The van der Waals surface area contributed by atoms with Gasteiger partial charge in [0.05, 0.1) is 11.4 Å². The molecule has 0 bridgehead atoms. The number of imidazole rings is 1. The van der Waals surface area contributed by atoms with E-state index in [2.05, 4.69) is 67.7 Å². The van der Waals surface area contributed by atoms with E-state index in [0.717, 1.165) is 35.4 Å². The summed E-state index contributed by atoms with van der Waals surface area (Å²) in [5, 5.41) is 14.4. The molecule has 0 aliphatic heterocycles. The van der Waals surface area contributed by atoms with Gasteiger partial charge in [-0.15, -0.1) is 0 Å². The highest BCUT2D eigenvalue weighted by molar-refractivity contribution is 5.79. The highest BCUT2D eigenvalue weighted by Crippen LogP contribution is 2.34. The molecule has 3 aromatic rings. The molecule has 1 heterocycles. The molecule has 0 amide bonds. The van der Waals surface area contributed by atoms with Crippen LogP contribution in [-0.4, -0.2) is 20.7 Å². The van der Waals surface area contributed by atoms with Crippen molar-refractivity contribution in [2.75, 3.05) is 0 Å². The van der Waals surface area contributed by atoms with Gasteiger partial charge in [-0.25, -0.2) is 4.98 Å². The van der Waals surface area contributed by atoms with Crippen molar-refractivity contribution in [2.45, 2.75) is 58.2 Å². The molecule has 1 saturated carbocycles. The van der Waals surface area contributed by atoms with Crippen LogP contribution in [0.15, 0.2) is 48.5 Å². The molecule has 0 spiro atoms. The van der Waals surface area contributed by atoms with E-state index in [1.54, 1.807) is 0 Å². The van der Waals surface area contributed by atoms with Crippen LogP contribution in [0.3, 0.4) is 0 Å². The van der Waals surface area contributed by atoms with Gasteiger partial charge in [0.15, 0.2) is 12.1 Å². The zero-order chi connectivity index (χ0) is 20.4. The Morgan fingerprint density at radius 2 is 1.45 bits per heavy atom. The van der Waals surface area contributed by atoms with E-state index in [-0.39, 0.29) is 0 Å². The number of aliphatic hydroxyl groups excluding tert-OH is 1. The van der Waals surface area contributed by atoms with Gasteiger partial charge in [0.25, 0.3) is 0 Å². The lowest BCUT2D eigenvalue weighted by molar-refractivity contribution is 0.103. The van der Waals surface area contributed by atoms with E-state index in [4.69, 9.17) is 4.98 Å². The van der Waals surface area contributed by atoms with Crippen LogP contribution in [0.2, 0.25) is 0 Å². The number of hydrogen-bond acceptors (Lipinski definition) is 3. The maximum absolute atomic E-state index is 11.0. The van der Waals surface area contributed by atoms with E-state index >= 15 is 0 Å². The second-order valence-corrected chi connectivity index (χ2v) is 8.36. The molecule has 1 aliphatic carbocycles. The normalized spacial score (nSPS) is 16.1. The van der Waals surface area contributed by atoms with E-state index in [1.165, 1.54) is 30.4 Å². The van der Waals surface area contributed by atoms with Gasteiger partial charge < -0.3 is 9.67 Å². The zero-order valence-corrected chi connectivity index (χ0v) is 17.7. The molecule has 2 N–H and O–H groups in total. The Bertz CT molecular complexity index is 951. The summed E-state index contributed by atoms with van der Waals surface area (Å²) in [6.45, 7) is 4.18. The third-order valence-electron chi connectivity index (χ3n) is 6.02. The van der Waals surface area contributed by atoms with Crippen LogP contribution in [-0.2, 0) is 7.05 Å². The molecule has 1 aromatic heterocycles. The Balaban J connectivity index is 1.75. The van der Waals surface area contributed by atoms with Crippen molar-refractivity contribution in [1.82, 2.24) is 14.9 Å². The van der Waals surface area contributed by atoms with Crippen LogP contribution >= 0.6 is 0 Å². The maximum atomic E-state index is 11.0. The fourth-order valence-corrected chi connectivity index (χ4v) is 4.28. The lowest BCUT2D eigenvalue weighted by atomic mass is 9.95. The summed E-state index contributed by atoms with van der Waals surface area (Å²) >= 11 is 0. The summed E-state index contributed by atoms with van der Waals surface area (Å²) in [5.74, 6) is 0.668. The summed E-state index contributed by atoms with van der Waals surface area (Å²) in [7, 11) is 2.00. The molecule has 1 aliphatic rings. The van der Waals surface area contributed by atoms with Gasteiger partial charge in [-0.2, -0.15) is 0 Å². The number of aryl methyl sites for hydroxylation is 2. The first-order chi connectivity index (χ1) is 14.0. The minimum absolute atomic E-state index is 0.362. The first kappa shape index (κ1) is 19.9. The second-order valence-electron chi connectivity index (χ2n) is 8.36. The first-order valence-corrected chi connectivity index (χ1v) is 10.7. The van der Waals surface area contributed by atoms with Crippen molar-refractivity contribution in [1.29, 1.82) is 0 Å². The van der Waals surface area contributed by atoms with Crippen molar-refractivity contribution in [3.63, 3.8) is 0 Å². The minimum Gasteiger partial charge on any atom is -0.371 e. The number of aromatic nitrogens is 2. The quantitative estimate of drug-likeness (QED) is 0.583. The number of aliphatic hydroxyl groups is 1. The van der Waals surface area contributed by atoms with Crippen LogP contribution in [0, 0.1) is 13.8 Å². The Kier molecular flexibility index (Phi) is 5.84. The lowest BCUT2D eigenvalue weighted by Crippen LogP contribution is -2.35. The van der Waals surface area contributed by atoms with E-state index in [0.29, 0.717) is 11.9 Å². The first-order valence-electron chi connectivity index (χ1n) is 10.7. The van der Waals surface area contributed by atoms with Crippen molar-refractivity contribution in [2.24, 2.45) is 7.05 Å². The predicted molar refractivity (Wildman–Crippen MR) is 119 cm³/mol. The molecular formula is C25H31N3O. The molecular weight excluding hydrogens is 358 g/mol. The zero-order valence-electron chi connectivity index (χ0n) is 17.7. The Hall–Kier alpha value is -2.43. The summed E-state index contributed by atoms with van der Waals surface area (Å²) in [6.07, 6.45) is 5.23. The summed E-state index contributed by atoms with van der Waals surface area (Å²) in [6, 6.07) is 17.3. The number of nitrogens with one attached hydrogen (secondary N) is 1. The monoisotopic (exact) mass is 389 g/mol. The molecule has 4 nitrogen and oxygen atoms in total. The Morgan fingerprint density at radius 3 is 2.03 bits per heavy atom. The van der Waals surface area contributed by atoms with Gasteiger partial charge in [0, 0.05) is 24.2 Å². The predicted octanol–water partition coefficient (Wildman–Crippen LogP) is 5.28. The molecule has 1 unspecified atom stereocenters. The summed E-state index contributed by atoms with van der Waals surface area (Å²) < 4.78 is 2.04. The topological polar surface area (TPSA) is 50.1 Å². The van der Waals surface area contributed by atoms with Gasteiger partial charge in [-0.1, -0.05) is 78.9 Å². The lowest BCUT2D eigenvalue weighted by Gasteiger charge is -2.25. The molecule has 0 saturated heterocycles. The van der Waals surface area contributed by atoms with Gasteiger partial charge in [-0.05, 0) is 26.7 Å². The van der Waals surface area contributed by atoms with Gasteiger partial charge >= 0.3 is 0 Å². The highest BCUT2D eigenvalue weighted by atomic mass is 16.3. The molecule has 4 rings (SSSR count). The highest BCUT2D eigenvalue weighted by Gasteiger charge is 2.24. The van der Waals surface area contributed by atoms with Gasteiger partial charge in [0.1, 0.15) is 0 Å². The second kappa shape index (κ2) is 8.52. The van der Waals surface area contributed by atoms with E-state index in [1.807, 2.05) is 11.6 Å². The molecule has 2 aromatic carbocycles. The third-order valence-corrected chi connectivity index (χ3v) is 6.02. The number of benzene rings is 2. The maximum Gasteiger partial charge on any atom is 0.164 e.